The average Bonchev–Trinajstić information content (AvgIpc) is 3.39. The number of hydrogen-bond donors (Lipinski definition) is 0. The Bertz CT molecular complexity index is 1410. The van der Waals surface area contributed by atoms with E-state index in [-0.39, 0.29) is 31.1 Å². The topological polar surface area (TPSA) is 78.9 Å². The lowest BCUT2D eigenvalue weighted by Crippen LogP contribution is -2.30. The molecule has 0 heterocycles. The Morgan fingerprint density at radius 1 is 0.288 bits per heavy atom. The van der Waals surface area contributed by atoms with Crippen molar-refractivity contribution < 1.29 is 28.6 Å². The lowest BCUT2D eigenvalue weighted by molar-refractivity contribution is -0.167. The van der Waals surface area contributed by atoms with Gasteiger partial charge in [-0.05, 0) is 122 Å². The molecule has 0 radical (unpaired) electrons. The molecule has 0 aliphatic heterocycles. The normalized spacial score (nSPS) is 12.5. The fraction of sp³-hybridized carbons (Fsp3) is 0.687. The number of esters is 3. The molecule has 0 aromatic carbocycles. The maximum atomic E-state index is 12.9. The van der Waals surface area contributed by atoms with E-state index < -0.39 is 6.10 Å². The van der Waals surface area contributed by atoms with Crippen molar-refractivity contribution in [2.24, 2.45) is 0 Å². The summed E-state index contributed by atoms with van der Waals surface area (Å²) in [4.78, 5) is 38.3. The first-order valence-corrected chi connectivity index (χ1v) is 30.4. The van der Waals surface area contributed by atoms with E-state index in [4.69, 9.17) is 14.2 Å². The lowest BCUT2D eigenvalue weighted by Gasteiger charge is -2.18. The minimum Gasteiger partial charge on any atom is -0.462 e. The fourth-order valence-electron chi connectivity index (χ4n) is 8.24. The number of unbranched alkanes of at least 4 members (excludes halogenated alkanes) is 25. The SMILES string of the molecule is CC/C=C\C/C=C\C/C=C\C/C=C\CCCCCCC(=O)OCC(COC(=O)CCCCCC/C=C\C/C=C\C/C=C\C/C=C\CC)OC(=O)CCCCCCCCCCCCC/C=C\CCCCCCCC. The number of carbonyl (C=O) groups is 3. The van der Waals surface area contributed by atoms with Crippen LogP contribution in [0.15, 0.2) is 109 Å². The lowest BCUT2D eigenvalue weighted by atomic mass is 10.0. The summed E-state index contributed by atoms with van der Waals surface area (Å²) in [6.07, 6.45) is 82.3. The van der Waals surface area contributed by atoms with Gasteiger partial charge >= 0.3 is 17.9 Å². The molecule has 0 amide bonds. The zero-order valence-electron chi connectivity index (χ0n) is 47.6. The minimum absolute atomic E-state index is 0.0999. The molecular formula is C67H112O6. The van der Waals surface area contributed by atoms with Gasteiger partial charge in [0.15, 0.2) is 6.10 Å². The van der Waals surface area contributed by atoms with E-state index in [1.165, 1.54) is 103 Å². The molecule has 0 aromatic rings. The van der Waals surface area contributed by atoms with Gasteiger partial charge in [-0.3, -0.25) is 14.4 Å². The van der Waals surface area contributed by atoms with Crippen LogP contribution in [0.5, 0.6) is 0 Å². The Balaban J connectivity index is 4.45. The molecule has 6 heteroatoms. The summed E-state index contributed by atoms with van der Waals surface area (Å²) in [6.45, 7) is 6.38. The molecule has 0 aliphatic rings. The summed E-state index contributed by atoms with van der Waals surface area (Å²) in [5.41, 5.74) is 0. The largest absolute Gasteiger partial charge is 0.462 e. The number of rotatable bonds is 54. The van der Waals surface area contributed by atoms with Crippen molar-refractivity contribution >= 4 is 17.9 Å². The predicted octanol–water partition coefficient (Wildman–Crippen LogP) is 20.7. The third-order valence-corrected chi connectivity index (χ3v) is 12.7. The van der Waals surface area contributed by atoms with Crippen molar-refractivity contribution in [1.82, 2.24) is 0 Å². The zero-order valence-corrected chi connectivity index (χ0v) is 47.6. The van der Waals surface area contributed by atoms with E-state index in [0.29, 0.717) is 19.3 Å². The predicted molar refractivity (Wildman–Crippen MR) is 316 cm³/mol. The number of allylic oxidation sites excluding steroid dienone is 18. The van der Waals surface area contributed by atoms with Crippen molar-refractivity contribution in [3.05, 3.63) is 109 Å². The van der Waals surface area contributed by atoms with Gasteiger partial charge in [0.1, 0.15) is 13.2 Å². The second-order valence-corrected chi connectivity index (χ2v) is 19.8. The number of carbonyl (C=O) groups excluding carboxylic acids is 3. The Kier molecular flexibility index (Phi) is 57.4. The first-order valence-electron chi connectivity index (χ1n) is 30.4. The highest BCUT2D eigenvalue weighted by Crippen LogP contribution is 2.15. The van der Waals surface area contributed by atoms with Gasteiger partial charge in [0.05, 0.1) is 0 Å². The molecule has 0 fully saturated rings. The van der Waals surface area contributed by atoms with Crippen LogP contribution in [0, 0.1) is 0 Å². The van der Waals surface area contributed by atoms with Gasteiger partial charge in [0, 0.05) is 19.3 Å². The molecule has 0 atom stereocenters. The van der Waals surface area contributed by atoms with E-state index in [1.54, 1.807) is 0 Å². The second kappa shape index (κ2) is 60.6. The summed E-state index contributed by atoms with van der Waals surface area (Å²) in [5.74, 6) is -0.941. The molecule has 0 unspecified atom stereocenters. The molecule has 0 rings (SSSR count). The highest BCUT2D eigenvalue weighted by Gasteiger charge is 2.19. The van der Waals surface area contributed by atoms with Crippen molar-refractivity contribution in [3.63, 3.8) is 0 Å². The first-order chi connectivity index (χ1) is 36.0. The smallest absolute Gasteiger partial charge is 0.306 e. The maximum Gasteiger partial charge on any atom is 0.306 e. The molecule has 0 N–H and O–H groups in total. The zero-order chi connectivity index (χ0) is 52.9. The van der Waals surface area contributed by atoms with Crippen LogP contribution in [0.1, 0.15) is 278 Å². The maximum absolute atomic E-state index is 12.9. The Hall–Kier alpha value is -3.93. The van der Waals surface area contributed by atoms with Crippen LogP contribution in [0.3, 0.4) is 0 Å². The van der Waals surface area contributed by atoms with Crippen LogP contribution in [0.4, 0.5) is 0 Å². The number of hydrogen-bond acceptors (Lipinski definition) is 6. The van der Waals surface area contributed by atoms with Gasteiger partial charge in [-0.1, -0.05) is 246 Å². The molecular weight excluding hydrogens is 901 g/mol. The van der Waals surface area contributed by atoms with Gasteiger partial charge in [0.25, 0.3) is 0 Å². The van der Waals surface area contributed by atoms with Gasteiger partial charge in [-0.2, -0.15) is 0 Å². The van der Waals surface area contributed by atoms with E-state index in [2.05, 4.69) is 130 Å². The van der Waals surface area contributed by atoms with Gasteiger partial charge < -0.3 is 14.2 Å². The van der Waals surface area contributed by atoms with Crippen LogP contribution in [0.25, 0.3) is 0 Å². The minimum atomic E-state index is -0.802. The molecule has 6 nitrogen and oxygen atoms in total. The number of ether oxygens (including phenoxy) is 3. The molecule has 0 bridgehead atoms. The molecule has 0 saturated heterocycles. The summed E-state index contributed by atoms with van der Waals surface area (Å²) < 4.78 is 16.9. The Morgan fingerprint density at radius 2 is 0.534 bits per heavy atom. The van der Waals surface area contributed by atoms with Crippen molar-refractivity contribution in [1.29, 1.82) is 0 Å². The van der Waals surface area contributed by atoms with Crippen LogP contribution in [-0.2, 0) is 28.6 Å². The van der Waals surface area contributed by atoms with Gasteiger partial charge in [-0.15, -0.1) is 0 Å². The summed E-state index contributed by atoms with van der Waals surface area (Å²) in [6, 6.07) is 0. The van der Waals surface area contributed by atoms with Crippen LogP contribution in [0.2, 0.25) is 0 Å². The first kappa shape index (κ1) is 69.1. The van der Waals surface area contributed by atoms with Crippen LogP contribution < -0.4 is 0 Å². The summed E-state index contributed by atoms with van der Waals surface area (Å²) in [5, 5.41) is 0. The van der Waals surface area contributed by atoms with E-state index in [1.807, 2.05) is 0 Å². The van der Waals surface area contributed by atoms with E-state index in [9.17, 15) is 14.4 Å². The molecule has 0 aromatic heterocycles. The van der Waals surface area contributed by atoms with Crippen LogP contribution >= 0.6 is 0 Å². The standard InChI is InChI=1S/C67H112O6/c1-4-7-10-13-16-19-22-25-28-31-32-33-34-37-40-43-46-49-52-55-58-61-67(70)73-64(62-71-65(68)59-56-53-50-47-44-41-38-35-29-26-23-20-17-14-11-8-5-2)63-72-66(69)60-57-54-51-48-45-42-39-36-30-27-24-21-18-15-12-9-6-3/h8-9,11-12,17-18,20-21,25-30,38-39,41-42,64H,4-7,10,13-16,19,22-24,31-37,40,43-63H2,1-3H3/b11-8-,12-9-,20-17-,21-18-,28-25-,29-26-,30-27-,41-38-,42-39-. The van der Waals surface area contributed by atoms with E-state index in [0.717, 1.165) is 135 Å². The van der Waals surface area contributed by atoms with Crippen LogP contribution in [-0.4, -0.2) is 37.2 Å². The van der Waals surface area contributed by atoms with Crippen molar-refractivity contribution in [2.75, 3.05) is 13.2 Å². The monoisotopic (exact) mass is 1010 g/mol. The third kappa shape index (κ3) is 58.8. The fourth-order valence-corrected chi connectivity index (χ4v) is 8.24. The third-order valence-electron chi connectivity index (χ3n) is 12.7. The van der Waals surface area contributed by atoms with Crippen molar-refractivity contribution in [2.45, 2.75) is 284 Å². The quantitative estimate of drug-likeness (QED) is 0.0261. The summed E-state index contributed by atoms with van der Waals surface area (Å²) >= 11 is 0. The van der Waals surface area contributed by atoms with Gasteiger partial charge in [0.2, 0.25) is 0 Å². The summed E-state index contributed by atoms with van der Waals surface area (Å²) in [7, 11) is 0. The van der Waals surface area contributed by atoms with Crippen molar-refractivity contribution in [3.8, 4) is 0 Å². The molecule has 416 valence electrons. The molecule has 0 spiro atoms. The highest BCUT2D eigenvalue weighted by atomic mass is 16.6. The molecule has 73 heavy (non-hydrogen) atoms. The Labute approximate surface area is 450 Å². The highest BCUT2D eigenvalue weighted by molar-refractivity contribution is 5.71. The molecule has 0 aliphatic carbocycles. The van der Waals surface area contributed by atoms with E-state index >= 15 is 0 Å². The second-order valence-electron chi connectivity index (χ2n) is 19.8. The van der Waals surface area contributed by atoms with Gasteiger partial charge in [-0.25, -0.2) is 0 Å². The molecule has 0 saturated carbocycles. The Morgan fingerprint density at radius 3 is 0.849 bits per heavy atom. The average molecular weight is 1010 g/mol.